The third-order valence-electron chi connectivity index (χ3n) is 3.74. The molecular formula is C18H15N5O. The van der Waals surface area contributed by atoms with E-state index in [1.165, 1.54) is 0 Å². The predicted octanol–water partition coefficient (Wildman–Crippen LogP) is 3.68. The summed E-state index contributed by atoms with van der Waals surface area (Å²) in [6.45, 7) is 2.89. The maximum absolute atomic E-state index is 5.34. The normalized spacial score (nSPS) is 10.9. The Morgan fingerprint density at radius 1 is 1.00 bits per heavy atom. The molecule has 0 saturated heterocycles. The second-order valence-electron chi connectivity index (χ2n) is 5.25. The average molecular weight is 317 g/mol. The molecule has 0 radical (unpaired) electrons. The lowest BCUT2D eigenvalue weighted by molar-refractivity contribution is 0.431. The standard InChI is InChI=1S/C18H15N5O/c1-2-23-16(9-11-20-23)13-6-5-7-14(12-13)17-21-18(24-22-17)15-8-3-4-10-19-15/h3-12H,2H2,1H3. The SMILES string of the molecule is CCn1nccc1-c1cccc(-c2noc(-c3ccccn3)n2)c1. The summed E-state index contributed by atoms with van der Waals surface area (Å²) in [5.41, 5.74) is 3.68. The molecule has 24 heavy (non-hydrogen) atoms. The summed E-state index contributed by atoms with van der Waals surface area (Å²) < 4.78 is 7.29. The molecule has 0 amide bonds. The topological polar surface area (TPSA) is 69.6 Å². The van der Waals surface area contributed by atoms with E-state index in [0.29, 0.717) is 17.4 Å². The summed E-state index contributed by atoms with van der Waals surface area (Å²) >= 11 is 0. The van der Waals surface area contributed by atoms with Gasteiger partial charge < -0.3 is 4.52 Å². The zero-order valence-corrected chi connectivity index (χ0v) is 13.1. The molecule has 0 aliphatic carbocycles. The Morgan fingerprint density at radius 2 is 1.92 bits per heavy atom. The molecule has 0 aliphatic rings. The van der Waals surface area contributed by atoms with E-state index in [1.807, 2.05) is 53.2 Å². The molecule has 4 rings (SSSR count). The van der Waals surface area contributed by atoms with Gasteiger partial charge in [0.1, 0.15) is 5.69 Å². The van der Waals surface area contributed by atoms with E-state index in [2.05, 4.69) is 27.1 Å². The summed E-state index contributed by atoms with van der Waals surface area (Å²) in [5, 5.41) is 8.40. The number of benzene rings is 1. The highest BCUT2D eigenvalue weighted by Gasteiger charge is 2.12. The third-order valence-corrected chi connectivity index (χ3v) is 3.74. The highest BCUT2D eigenvalue weighted by atomic mass is 16.5. The Hall–Kier alpha value is -3.28. The van der Waals surface area contributed by atoms with Crippen molar-refractivity contribution in [2.75, 3.05) is 0 Å². The number of aryl methyl sites for hydroxylation is 1. The maximum atomic E-state index is 5.34. The fraction of sp³-hybridized carbons (Fsp3) is 0.111. The Bertz CT molecular complexity index is 958. The number of hydrogen-bond donors (Lipinski definition) is 0. The van der Waals surface area contributed by atoms with E-state index < -0.39 is 0 Å². The van der Waals surface area contributed by atoms with Crippen molar-refractivity contribution >= 4 is 0 Å². The van der Waals surface area contributed by atoms with E-state index in [1.54, 1.807) is 12.4 Å². The zero-order valence-electron chi connectivity index (χ0n) is 13.1. The van der Waals surface area contributed by atoms with Crippen molar-refractivity contribution in [3.63, 3.8) is 0 Å². The van der Waals surface area contributed by atoms with Crippen LogP contribution in [0.15, 0.2) is 65.4 Å². The number of nitrogens with zero attached hydrogens (tertiary/aromatic N) is 5. The van der Waals surface area contributed by atoms with Crippen molar-refractivity contribution in [3.05, 3.63) is 60.9 Å². The van der Waals surface area contributed by atoms with Gasteiger partial charge >= 0.3 is 0 Å². The molecule has 0 spiro atoms. The van der Waals surface area contributed by atoms with E-state index >= 15 is 0 Å². The summed E-state index contributed by atoms with van der Waals surface area (Å²) in [6, 6.07) is 15.6. The Balaban J connectivity index is 1.71. The Morgan fingerprint density at radius 3 is 2.75 bits per heavy atom. The van der Waals surface area contributed by atoms with Gasteiger partial charge in [-0.05, 0) is 31.2 Å². The maximum Gasteiger partial charge on any atom is 0.276 e. The quantitative estimate of drug-likeness (QED) is 0.574. The summed E-state index contributed by atoms with van der Waals surface area (Å²) in [7, 11) is 0. The van der Waals surface area contributed by atoms with Crippen molar-refractivity contribution in [3.8, 4) is 34.2 Å². The fourth-order valence-electron chi connectivity index (χ4n) is 2.58. The molecule has 3 heterocycles. The zero-order chi connectivity index (χ0) is 16.4. The van der Waals surface area contributed by atoms with Crippen molar-refractivity contribution < 1.29 is 4.52 Å². The van der Waals surface area contributed by atoms with Gasteiger partial charge in [0, 0.05) is 30.1 Å². The molecular weight excluding hydrogens is 302 g/mol. The molecule has 3 aromatic heterocycles. The lowest BCUT2D eigenvalue weighted by Gasteiger charge is -2.05. The molecule has 0 fully saturated rings. The van der Waals surface area contributed by atoms with Gasteiger partial charge in [0.25, 0.3) is 5.89 Å². The third kappa shape index (κ3) is 2.58. The summed E-state index contributed by atoms with van der Waals surface area (Å²) in [5.74, 6) is 0.953. The fourth-order valence-corrected chi connectivity index (χ4v) is 2.58. The van der Waals surface area contributed by atoms with Crippen LogP contribution in [0.5, 0.6) is 0 Å². The lowest BCUT2D eigenvalue weighted by atomic mass is 10.1. The second-order valence-corrected chi connectivity index (χ2v) is 5.25. The molecule has 1 aromatic carbocycles. The molecule has 0 atom stereocenters. The van der Waals surface area contributed by atoms with Crippen LogP contribution in [-0.4, -0.2) is 24.9 Å². The minimum absolute atomic E-state index is 0.412. The van der Waals surface area contributed by atoms with Crippen molar-refractivity contribution in [2.24, 2.45) is 0 Å². The summed E-state index contributed by atoms with van der Waals surface area (Å²) in [4.78, 5) is 8.68. The highest BCUT2D eigenvalue weighted by molar-refractivity contribution is 5.68. The smallest absolute Gasteiger partial charge is 0.276 e. The van der Waals surface area contributed by atoms with Crippen molar-refractivity contribution in [1.82, 2.24) is 24.9 Å². The van der Waals surface area contributed by atoms with Gasteiger partial charge in [0.2, 0.25) is 5.82 Å². The van der Waals surface area contributed by atoms with Crippen LogP contribution in [0.2, 0.25) is 0 Å². The van der Waals surface area contributed by atoms with Crippen molar-refractivity contribution in [1.29, 1.82) is 0 Å². The minimum atomic E-state index is 0.412. The van der Waals surface area contributed by atoms with Gasteiger partial charge in [-0.2, -0.15) is 10.1 Å². The molecule has 0 bridgehead atoms. The predicted molar refractivity (Wildman–Crippen MR) is 89.9 cm³/mol. The van der Waals surface area contributed by atoms with Crippen molar-refractivity contribution in [2.45, 2.75) is 13.5 Å². The number of pyridine rings is 1. The molecule has 0 saturated carbocycles. The molecule has 0 unspecified atom stereocenters. The van der Waals surface area contributed by atoms with E-state index in [0.717, 1.165) is 23.4 Å². The number of aromatic nitrogens is 5. The Kier molecular flexibility index (Phi) is 3.63. The van der Waals surface area contributed by atoms with Gasteiger partial charge in [0.15, 0.2) is 0 Å². The van der Waals surface area contributed by atoms with E-state index in [9.17, 15) is 0 Å². The van der Waals surface area contributed by atoms with Crippen LogP contribution in [-0.2, 0) is 6.54 Å². The van der Waals surface area contributed by atoms with Gasteiger partial charge in [-0.1, -0.05) is 29.4 Å². The second kappa shape index (κ2) is 6.08. The van der Waals surface area contributed by atoms with Gasteiger partial charge in [-0.15, -0.1) is 0 Å². The van der Waals surface area contributed by atoms with Gasteiger partial charge in [-0.25, -0.2) is 0 Å². The lowest BCUT2D eigenvalue weighted by Crippen LogP contribution is -1.98. The molecule has 4 aromatic rings. The number of rotatable bonds is 4. The van der Waals surface area contributed by atoms with Crippen LogP contribution >= 0.6 is 0 Å². The van der Waals surface area contributed by atoms with Crippen LogP contribution in [0.1, 0.15) is 6.92 Å². The monoisotopic (exact) mass is 317 g/mol. The molecule has 6 heteroatoms. The largest absolute Gasteiger partial charge is 0.332 e. The molecule has 0 N–H and O–H groups in total. The average Bonchev–Trinajstić information content (AvgIpc) is 3.32. The molecule has 118 valence electrons. The first-order valence-electron chi connectivity index (χ1n) is 7.73. The first-order chi connectivity index (χ1) is 11.8. The van der Waals surface area contributed by atoms with Crippen LogP contribution in [0.25, 0.3) is 34.2 Å². The highest BCUT2D eigenvalue weighted by Crippen LogP contribution is 2.26. The van der Waals surface area contributed by atoms with Crippen LogP contribution in [0, 0.1) is 0 Å². The first-order valence-corrected chi connectivity index (χ1v) is 7.73. The van der Waals surface area contributed by atoms with Gasteiger partial charge in [-0.3, -0.25) is 9.67 Å². The Labute approximate surface area is 138 Å². The van der Waals surface area contributed by atoms with Crippen LogP contribution in [0.4, 0.5) is 0 Å². The number of hydrogen-bond acceptors (Lipinski definition) is 5. The molecule has 0 aliphatic heterocycles. The van der Waals surface area contributed by atoms with Crippen LogP contribution in [0.3, 0.4) is 0 Å². The minimum Gasteiger partial charge on any atom is -0.332 e. The first kappa shape index (κ1) is 14.3. The van der Waals surface area contributed by atoms with Gasteiger partial charge in [0.05, 0.1) is 5.69 Å². The van der Waals surface area contributed by atoms with E-state index in [4.69, 9.17) is 4.52 Å². The van der Waals surface area contributed by atoms with E-state index in [-0.39, 0.29) is 0 Å². The summed E-state index contributed by atoms with van der Waals surface area (Å²) in [6.07, 6.45) is 3.50. The van der Waals surface area contributed by atoms with Crippen LogP contribution < -0.4 is 0 Å². The molecule has 6 nitrogen and oxygen atoms in total.